The molecule has 1 N–H and O–H groups in total. The molecule has 1 amide bonds. The molecule has 0 fully saturated rings. The van der Waals surface area contributed by atoms with Crippen molar-refractivity contribution in [3.63, 3.8) is 0 Å². The lowest BCUT2D eigenvalue weighted by Gasteiger charge is -2.09. The predicted molar refractivity (Wildman–Crippen MR) is 96.6 cm³/mol. The minimum absolute atomic E-state index is 0.0572. The Balaban J connectivity index is 2.04. The summed E-state index contributed by atoms with van der Waals surface area (Å²) in [5, 5.41) is 3.55. The molecular formula is C16H12Cl2N4O3. The molecule has 1 aromatic carbocycles. The smallest absolute Gasteiger partial charge is 0.321 e. The summed E-state index contributed by atoms with van der Waals surface area (Å²) >= 11 is 11.8. The van der Waals surface area contributed by atoms with Crippen LogP contribution in [0.3, 0.4) is 0 Å². The highest BCUT2D eigenvalue weighted by Crippen LogP contribution is 2.25. The number of hydrogen-bond donors (Lipinski definition) is 1. The van der Waals surface area contributed by atoms with Crippen LogP contribution in [0, 0.1) is 0 Å². The number of amides is 1. The van der Waals surface area contributed by atoms with Gasteiger partial charge in [-0.25, -0.2) is 9.78 Å². The molecule has 0 bridgehead atoms. The van der Waals surface area contributed by atoms with E-state index in [1.165, 1.54) is 36.9 Å². The number of halogens is 2. The summed E-state index contributed by atoms with van der Waals surface area (Å²) in [5.74, 6) is -0.506. The van der Waals surface area contributed by atoms with Crippen molar-refractivity contribution in [2.75, 3.05) is 5.32 Å². The molecule has 9 heteroatoms. The number of nitrogens with one attached hydrogen (secondary N) is 1. The van der Waals surface area contributed by atoms with Gasteiger partial charge in [0, 0.05) is 19.8 Å². The normalized spacial score (nSPS) is 10.9. The second kappa shape index (κ2) is 6.34. The van der Waals surface area contributed by atoms with E-state index in [4.69, 9.17) is 23.2 Å². The minimum Gasteiger partial charge on any atom is -0.321 e. The van der Waals surface area contributed by atoms with Crippen LogP contribution in [0.5, 0.6) is 0 Å². The largest absolute Gasteiger partial charge is 0.332 e. The van der Waals surface area contributed by atoms with Gasteiger partial charge in [-0.1, -0.05) is 23.2 Å². The number of pyridine rings is 1. The number of aromatic nitrogens is 3. The zero-order chi connectivity index (χ0) is 18.3. The van der Waals surface area contributed by atoms with Crippen molar-refractivity contribution in [1.82, 2.24) is 14.1 Å². The second-order valence-electron chi connectivity index (χ2n) is 5.36. The third kappa shape index (κ3) is 3.04. The quantitative estimate of drug-likeness (QED) is 0.740. The number of nitrogens with zero attached hydrogens (tertiary/aromatic N) is 3. The number of carbonyl (C=O) groups is 1. The number of anilines is 1. The zero-order valence-corrected chi connectivity index (χ0v) is 14.7. The third-order valence-electron chi connectivity index (χ3n) is 3.71. The molecule has 128 valence electrons. The minimum atomic E-state index is -0.521. The number of aryl methyl sites for hydroxylation is 1. The summed E-state index contributed by atoms with van der Waals surface area (Å²) in [6.45, 7) is 0. The molecule has 0 aliphatic rings. The van der Waals surface area contributed by atoms with Gasteiger partial charge < -0.3 is 5.32 Å². The average molecular weight is 379 g/mol. The fourth-order valence-electron chi connectivity index (χ4n) is 2.35. The van der Waals surface area contributed by atoms with E-state index in [1.807, 2.05) is 0 Å². The SMILES string of the molecule is Cn1c(=O)c2ccc(C(=O)Nc3ccc(Cl)c(Cl)c3)nc2n(C)c1=O. The van der Waals surface area contributed by atoms with E-state index in [1.54, 1.807) is 12.1 Å². The Kier molecular flexibility index (Phi) is 4.36. The maximum Gasteiger partial charge on any atom is 0.332 e. The van der Waals surface area contributed by atoms with Crippen molar-refractivity contribution in [3.05, 3.63) is 66.9 Å². The van der Waals surface area contributed by atoms with E-state index in [0.29, 0.717) is 15.7 Å². The van der Waals surface area contributed by atoms with Crippen LogP contribution in [0.1, 0.15) is 10.5 Å². The van der Waals surface area contributed by atoms with Crippen molar-refractivity contribution in [2.24, 2.45) is 14.1 Å². The van der Waals surface area contributed by atoms with Gasteiger partial charge in [-0.05, 0) is 30.3 Å². The van der Waals surface area contributed by atoms with Gasteiger partial charge in [0.2, 0.25) is 0 Å². The van der Waals surface area contributed by atoms with Crippen molar-refractivity contribution in [2.45, 2.75) is 0 Å². The van der Waals surface area contributed by atoms with E-state index in [0.717, 1.165) is 4.57 Å². The molecule has 0 radical (unpaired) electrons. The number of rotatable bonds is 2. The van der Waals surface area contributed by atoms with Crippen LogP contribution in [0.4, 0.5) is 5.69 Å². The van der Waals surface area contributed by atoms with Crippen LogP contribution in [0.2, 0.25) is 10.0 Å². The van der Waals surface area contributed by atoms with Crippen molar-refractivity contribution < 1.29 is 4.79 Å². The predicted octanol–water partition coefficient (Wildman–Crippen LogP) is 2.19. The molecule has 7 nitrogen and oxygen atoms in total. The fraction of sp³-hybridized carbons (Fsp3) is 0.125. The van der Waals surface area contributed by atoms with Gasteiger partial charge in [-0.2, -0.15) is 0 Å². The molecule has 2 aromatic heterocycles. The summed E-state index contributed by atoms with van der Waals surface area (Å²) in [7, 11) is 2.87. The molecule has 0 aliphatic heterocycles. The Morgan fingerprint density at radius 2 is 1.76 bits per heavy atom. The number of benzene rings is 1. The molecule has 3 aromatic rings. The highest BCUT2D eigenvalue weighted by Gasteiger charge is 2.14. The first-order chi connectivity index (χ1) is 11.8. The van der Waals surface area contributed by atoms with E-state index >= 15 is 0 Å². The second-order valence-corrected chi connectivity index (χ2v) is 6.17. The van der Waals surface area contributed by atoms with Gasteiger partial charge in [-0.3, -0.25) is 18.7 Å². The number of hydrogen-bond acceptors (Lipinski definition) is 4. The van der Waals surface area contributed by atoms with Crippen molar-refractivity contribution >= 4 is 45.8 Å². The molecule has 0 saturated heterocycles. The van der Waals surface area contributed by atoms with Crippen LogP contribution in [-0.4, -0.2) is 20.0 Å². The Morgan fingerprint density at radius 1 is 1.04 bits per heavy atom. The Morgan fingerprint density at radius 3 is 2.44 bits per heavy atom. The van der Waals surface area contributed by atoms with Gasteiger partial charge in [-0.15, -0.1) is 0 Å². The van der Waals surface area contributed by atoms with Crippen LogP contribution in [-0.2, 0) is 14.1 Å². The van der Waals surface area contributed by atoms with E-state index in [2.05, 4.69) is 10.3 Å². The lowest BCUT2D eigenvalue weighted by atomic mass is 10.2. The van der Waals surface area contributed by atoms with Crippen LogP contribution < -0.4 is 16.6 Å². The Hall–Kier alpha value is -2.64. The van der Waals surface area contributed by atoms with Gasteiger partial charge in [0.25, 0.3) is 11.5 Å². The summed E-state index contributed by atoms with van der Waals surface area (Å²) < 4.78 is 2.20. The van der Waals surface area contributed by atoms with Gasteiger partial charge in [0.15, 0.2) is 0 Å². The van der Waals surface area contributed by atoms with Crippen molar-refractivity contribution in [3.8, 4) is 0 Å². The molecule has 2 heterocycles. The van der Waals surface area contributed by atoms with E-state index < -0.39 is 17.2 Å². The maximum absolute atomic E-state index is 12.4. The van der Waals surface area contributed by atoms with E-state index in [9.17, 15) is 14.4 Å². The first kappa shape index (κ1) is 17.2. The molecule has 0 spiro atoms. The Labute approximate surface area is 151 Å². The van der Waals surface area contributed by atoms with Crippen LogP contribution in [0.15, 0.2) is 39.9 Å². The van der Waals surface area contributed by atoms with Gasteiger partial charge in [0.1, 0.15) is 11.3 Å². The van der Waals surface area contributed by atoms with Crippen LogP contribution in [0.25, 0.3) is 11.0 Å². The molecule has 0 atom stereocenters. The first-order valence-corrected chi connectivity index (χ1v) is 7.88. The monoisotopic (exact) mass is 378 g/mol. The summed E-state index contributed by atoms with van der Waals surface area (Å²) in [6, 6.07) is 7.54. The highest BCUT2D eigenvalue weighted by atomic mass is 35.5. The summed E-state index contributed by atoms with van der Waals surface area (Å²) in [4.78, 5) is 40.7. The highest BCUT2D eigenvalue weighted by molar-refractivity contribution is 6.42. The third-order valence-corrected chi connectivity index (χ3v) is 4.45. The summed E-state index contributed by atoms with van der Waals surface area (Å²) in [6.07, 6.45) is 0. The lowest BCUT2D eigenvalue weighted by molar-refractivity contribution is 0.102. The van der Waals surface area contributed by atoms with E-state index in [-0.39, 0.29) is 16.7 Å². The fourth-order valence-corrected chi connectivity index (χ4v) is 2.65. The van der Waals surface area contributed by atoms with Crippen molar-refractivity contribution in [1.29, 1.82) is 0 Å². The summed E-state index contributed by atoms with van der Waals surface area (Å²) in [5.41, 5.74) is -0.357. The maximum atomic E-state index is 12.4. The molecule has 0 aliphatic carbocycles. The molecule has 0 unspecified atom stereocenters. The molecule has 0 saturated carbocycles. The first-order valence-electron chi connectivity index (χ1n) is 7.13. The standard InChI is InChI=1S/C16H12Cl2N4O3/c1-21-13-9(15(24)22(2)16(21)25)4-6-12(20-13)14(23)19-8-3-5-10(17)11(18)7-8/h3-7H,1-2H3,(H,19,23). The average Bonchev–Trinajstić information content (AvgIpc) is 2.60. The molecular weight excluding hydrogens is 367 g/mol. The van der Waals surface area contributed by atoms with Gasteiger partial charge in [0.05, 0.1) is 15.4 Å². The Bertz CT molecular complexity index is 1130. The topological polar surface area (TPSA) is 86.0 Å². The van der Waals surface area contributed by atoms with Gasteiger partial charge >= 0.3 is 5.69 Å². The number of carbonyl (C=O) groups excluding carboxylic acids is 1. The lowest BCUT2D eigenvalue weighted by Crippen LogP contribution is -2.37. The van der Waals surface area contributed by atoms with Crippen LogP contribution >= 0.6 is 23.2 Å². The number of fused-ring (bicyclic) bond motifs is 1. The molecule has 25 heavy (non-hydrogen) atoms. The zero-order valence-electron chi connectivity index (χ0n) is 13.2. The molecule has 3 rings (SSSR count).